The normalized spacial score (nSPS) is 40.0. The Morgan fingerprint density at radius 3 is 2.37 bits per heavy atom. The van der Waals surface area contributed by atoms with Crippen molar-refractivity contribution in [2.45, 2.75) is 148 Å². The predicted octanol–water partition coefficient (Wildman–Crippen LogP) is 3.58. The van der Waals surface area contributed by atoms with Gasteiger partial charge >= 0.3 is 12.1 Å². The maximum absolute atomic E-state index is 14.2. The van der Waals surface area contributed by atoms with E-state index in [0.717, 1.165) is 0 Å². The molecule has 3 heterocycles. The monoisotopic (exact) mass is 724 g/mol. The highest BCUT2D eigenvalue weighted by Gasteiger charge is 2.59. The van der Waals surface area contributed by atoms with Crippen LogP contribution in [0, 0.1) is 17.8 Å². The van der Waals surface area contributed by atoms with Crippen molar-refractivity contribution in [3.63, 3.8) is 0 Å². The molecule has 2 N–H and O–H groups in total. The number of hydrogen-bond donors (Lipinski definition) is 2. The zero-order valence-electron chi connectivity index (χ0n) is 32.2. The summed E-state index contributed by atoms with van der Waals surface area (Å²) in [6, 6.07) is -1.71. The average molecular weight is 725 g/mol. The molecule has 3 unspecified atom stereocenters. The van der Waals surface area contributed by atoms with Crippen LogP contribution in [-0.2, 0) is 38.1 Å². The van der Waals surface area contributed by atoms with Crippen LogP contribution in [0.15, 0.2) is 5.11 Å². The molecular formula is C35H60N6O10. The number of aliphatic hydroxyl groups is 1. The highest BCUT2D eigenvalue weighted by molar-refractivity contribution is 6.00. The van der Waals surface area contributed by atoms with Gasteiger partial charge in [-0.05, 0) is 86.3 Å². The van der Waals surface area contributed by atoms with Gasteiger partial charge in [0.15, 0.2) is 17.7 Å². The number of amides is 2. The summed E-state index contributed by atoms with van der Waals surface area (Å²) < 4.78 is 30.7. The zero-order chi connectivity index (χ0) is 38.4. The van der Waals surface area contributed by atoms with E-state index in [1.54, 1.807) is 41.5 Å². The Labute approximate surface area is 301 Å². The summed E-state index contributed by atoms with van der Waals surface area (Å²) in [4.78, 5) is 61.6. The van der Waals surface area contributed by atoms with Gasteiger partial charge in [-0.3, -0.25) is 19.3 Å². The smallest absolute Gasteiger partial charge is 0.410 e. The molecule has 51 heavy (non-hydrogen) atoms. The summed E-state index contributed by atoms with van der Waals surface area (Å²) in [5, 5.41) is 18.0. The van der Waals surface area contributed by atoms with Gasteiger partial charge in [0.25, 0.3) is 0 Å². The minimum atomic E-state index is -1.39. The number of rotatable bonds is 10. The van der Waals surface area contributed by atoms with Crippen molar-refractivity contribution in [3.8, 4) is 0 Å². The van der Waals surface area contributed by atoms with Crippen LogP contribution < -0.4 is 5.32 Å². The van der Waals surface area contributed by atoms with E-state index in [1.165, 1.54) is 18.9 Å². The van der Waals surface area contributed by atoms with E-state index in [1.807, 2.05) is 25.9 Å². The molecule has 3 saturated heterocycles. The number of cyclic esters (lactones) is 1. The van der Waals surface area contributed by atoms with Gasteiger partial charge in [0, 0.05) is 43.0 Å². The number of likely N-dealkylation sites (N-methyl/N-ethyl adjacent to an activating group) is 1. The van der Waals surface area contributed by atoms with Crippen LogP contribution in [0.2, 0.25) is 0 Å². The van der Waals surface area contributed by atoms with E-state index in [-0.39, 0.29) is 44.0 Å². The number of fused-ring (bicyclic) bond motifs is 1. The number of ether oxygens (including phenoxy) is 5. The van der Waals surface area contributed by atoms with E-state index < -0.39 is 83.5 Å². The molecule has 3 rings (SSSR count). The van der Waals surface area contributed by atoms with Crippen LogP contribution >= 0.6 is 0 Å². The highest BCUT2D eigenvalue weighted by Crippen LogP contribution is 2.40. The van der Waals surface area contributed by atoms with Gasteiger partial charge in [-0.2, -0.15) is 0 Å². The summed E-state index contributed by atoms with van der Waals surface area (Å²) in [5.41, 5.74) is 5.98. The number of esters is 1. The van der Waals surface area contributed by atoms with Gasteiger partial charge in [-0.1, -0.05) is 25.9 Å². The zero-order valence-corrected chi connectivity index (χ0v) is 32.2. The number of Topliss-reactive ketones (excluding diaryl/α,β-unsaturated/α-hetero) is 1. The van der Waals surface area contributed by atoms with Gasteiger partial charge in [0.2, 0.25) is 5.91 Å². The maximum atomic E-state index is 14.2. The molecule has 16 nitrogen and oxygen atoms in total. The Kier molecular flexibility index (Phi) is 14.7. The maximum Gasteiger partial charge on any atom is 0.410 e. The summed E-state index contributed by atoms with van der Waals surface area (Å²) in [5.74, 6) is -4.52. The van der Waals surface area contributed by atoms with E-state index >= 15 is 0 Å². The largest absolute Gasteiger partial charge is 0.458 e. The number of nitrogens with one attached hydrogen (secondary N) is 1. The third-order valence-corrected chi connectivity index (χ3v) is 11.0. The number of ketones is 1. The van der Waals surface area contributed by atoms with Crippen molar-refractivity contribution >= 4 is 23.8 Å². The second kappa shape index (κ2) is 17.7. The van der Waals surface area contributed by atoms with Crippen molar-refractivity contribution in [2.24, 2.45) is 22.9 Å². The molecule has 2 amide bonds. The molecule has 0 saturated carbocycles. The molecule has 3 fully saturated rings. The van der Waals surface area contributed by atoms with Crippen LogP contribution in [0.1, 0.15) is 87.5 Å². The summed E-state index contributed by atoms with van der Waals surface area (Å²) in [6.45, 7) is 14.2. The molecule has 0 spiro atoms. The Bertz CT molecular complexity index is 1300. The summed E-state index contributed by atoms with van der Waals surface area (Å²) in [6.07, 6.45) is -3.17. The van der Waals surface area contributed by atoms with E-state index in [2.05, 4.69) is 15.3 Å². The van der Waals surface area contributed by atoms with Crippen molar-refractivity contribution < 1.29 is 48.0 Å². The van der Waals surface area contributed by atoms with Gasteiger partial charge in [-0.25, -0.2) is 4.79 Å². The van der Waals surface area contributed by atoms with Gasteiger partial charge in [-0.15, -0.1) is 0 Å². The lowest BCUT2D eigenvalue weighted by Gasteiger charge is -2.46. The number of carbonyl (C=O) groups excluding carboxylic acids is 4. The van der Waals surface area contributed by atoms with E-state index in [0.29, 0.717) is 19.3 Å². The van der Waals surface area contributed by atoms with Crippen LogP contribution in [0.25, 0.3) is 10.4 Å². The first kappa shape index (κ1) is 42.4. The third-order valence-electron chi connectivity index (χ3n) is 11.0. The van der Waals surface area contributed by atoms with Crippen LogP contribution in [0.4, 0.5) is 4.79 Å². The van der Waals surface area contributed by atoms with Crippen LogP contribution in [0.5, 0.6) is 0 Å². The molecule has 0 aromatic rings. The minimum Gasteiger partial charge on any atom is -0.458 e. The van der Waals surface area contributed by atoms with Gasteiger partial charge < -0.3 is 39.0 Å². The van der Waals surface area contributed by atoms with E-state index in [4.69, 9.17) is 29.2 Å². The lowest BCUT2D eigenvalue weighted by molar-refractivity contribution is -0.295. The Morgan fingerprint density at radius 2 is 1.78 bits per heavy atom. The molecule has 0 bridgehead atoms. The lowest BCUT2D eigenvalue weighted by Crippen LogP contribution is -2.61. The molecule has 3 aliphatic rings. The molecule has 0 radical (unpaired) electrons. The molecule has 3 aliphatic heterocycles. The first-order valence-electron chi connectivity index (χ1n) is 18.1. The fourth-order valence-electron chi connectivity index (χ4n) is 8.05. The predicted molar refractivity (Wildman–Crippen MR) is 186 cm³/mol. The number of nitrogens with zero attached hydrogens (tertiary/aromatic N) is 5. The number of hydrogen-bond acceptors (Lipinski definition) is 12. The van der Waals surface area contributed by atoms with Crippen molar-refractivity contribution in [1.82, 2.24) is 15.1 Å². The summed E-state index contributed by atoms with van der Waals surface area (Å²) in [7, 11) is 5.18. The molecule has 16 heteroatoms. The van der Waals surface area contributed by atoms with E-state index in [9.17, 15) is 24.3 Å². The Hall–Kier alpha value is -3.01. The quantitative estimate of drug-likeness (QED) is 0.0833. The third kappa shape index (κ3) is 9.33. The molecular weight excluding hydrogens is 664 g/mol. The number of unbranched alkanes of at least 4 members (excludes halogenated alkanes) is 1. The lowest BCUT2D eigenvalue weighted by atomic mass is 9.78. The van der Waals surface area contributed by atoms with Crippen molar-refractivity contribution in [2.75, 3.05) is 34.3 Å². The summed E-state index contributed by atoms with van der Waals surface area (Å²) >= 11 is 0. The average Bonchev–Trinajstić information content (AvgIpc) is 3.34. The van der Waals surface area contributed by atoms with Gasteiger partial charge in [0.05, 0.1) is 29.9 Å². The first-order chi connectivity index (χ1) is 23.9. The van der Waals surface area contributed by atoms with Gasteiger partial charge in [0.1, 0.15) is 18.1 Å². The number of methoxy groups -OCH3 is 1. The molecule has 0 aromatic heterocycles. The Balaban J connectivity index is 2.07. The number of azide groups is 1. The van der Waals surface area contributed by atoms with Crippen LogP contribution in [0.3, 0.4) is 0 Å². The molecule has 13 atom stereocenters. The number of carbonyl (C=O) groups is 4. The fourth-order valence-corrected chi connectivity index (χ4v) is 8.05. The minimum absolute atomic E-state index is 0.0940. The molecule has 0 aliphatic carbocycles. The standard InChI is InChI=1S/C35H60N6O10/c1-12-25-35(8)28(41(33(46)51-35)16-14-13-15-37-39-36)23(6)38-30(44)19(2)18-34(7,47-11)29(21(4)26(42)22(5)31(45)49-25)50-32-27(43)24(40(9)10)17-20(3)48-32/h19-25,27-29,32,43H,12-18H2,1-11H3,(H,38,44)/t19-,20?,21+,22-,23-,24?,25-,27?,28-,29-,32+,34-,35-/m1/s1. The second-order valence-corrected chi connectivity index (χ2v) is 15.1. The van der Waals surface area contributed by atoms with Crippen molar-refractivity contribution in [3.05, 3.63) is 10.4 Å². The Morgan fingerprint density at radius 1 is 1.12 bits per heavy atom. The fraction of sp³-hybridized carbons (Fsp3) is 0.886. The van der Waals surface area contributed by atoms with Crippen molar-refractivity contribution in [1.29, 1.82) is 0 Å². The number of aliphatic hydroxyl groups excluding tert-OH is 1. The van der Waals surface area contributed by atoms with Crippen LogP contribution in [-0.4, -0.2) is 133 Å². The second-order valence-electron chi connectivity index (χ2n) is 15.1. The molecule has 0 aromatic carbocycles. The molecule has 290 valence electrons. The highest BCUT2D eigenvalue weighted by atomic mass is 16.7. The SMILES string of the molecule is CC[C@H]1OC(=O)[C@H](C)C(=O)[C@H](C)[C@@H](O[C@@H]2OC(C)CC(N(C)C)C2O)[C@](C)(OC)C[C@@H](C)C(=O)N[C@H](C)[C@H]2N(CCCCN=[N+]=[N-])C(=O)O[C@]12C. The topological polar surface area (TPSA) is 202 Å². The first-order valence-corrected chi connectivity index (χ1v) is 18.1.